The summed E-state index contributed by atoms with van der Waals surface area (Å²) in [6.45, 7) is 0.648. The Morgan fingerprint density at radius 1 is 1.12 bits per heavy atom. The topological polar surface area (TPSA) is 98.5 Å². The third-order valence-corrected chi connectivity index (χ3v) is 7.26. The van der Waals surface area contributed by atoms with Crippen LogP contribution in [-0.2, 0) is 14.8 Å². The molecule has 1 aromatic rings. The largest absolute Gasteiger partial charge is 0.497 e. The predicted molar refractivity (Wildman–Crippen MR) is 97.2 cm³/mol. The molecule has 0 heterocycles. The quantitative estimate of drug-likeness (QED) is 0.805. The van der Waals surface area contributed by atoms with Crippen LogP contribution < -0.4 is 15.2 Å². The van der Waals surface area contributed by atoms with Gasteiger partial charge in [-0.05, 0) is 74.8 Å². The van der Waals surface area contributed by atoms with Gasteiger partial charge in [0, 0.05) is 0 Å². The lowest BCUT2D eigenvalue weighted by Crippen LogP contribution is -2.53. The van der Waals surface area contributed by atoms with Gasteiger partial charge < -0.3 is 10.5 Å². The Kier molecular flexibility index (Phi) is 5.71. The highest BCUT2D eigenvalue weighted by Gasteiger charge is 2.52. The number of carbonyl (C=O) groups is 1. The van der Waals surface area contributed by atoms with Crippen molar-refractivity contribution >= 4 is 28.3 Å². The van der Waals surface area contributed by atoms with Gasteiger partial charge in [-0.1, -0.05) is 0 Å². The molecule has 2 bridgehead atoms. The smallest absolute Gasteiger partial charge is 0.264 e. The van der Waals surface area contributed by atoms with Crippen LogP contribution in [0.25, 0.3) is 0 Å². The average molecular weight is 389 g/mol. The van der Waals surface area contributed by atoms with Crippen LogP contribution in [0.3, 0.4) is 0 Å². The number of nitrogens with two attached hydrogens (primary N) is 1. The standard InChI is InChI=1S/C17H24N2O4S.ClH/c1-23-13-2-4-14(5-3-13)24(21,22)19-15(20)17-9-6-16(12-18,7-10-17)8-11-17;/h2-5H,6-12,18H2,1H3,(H,19,20);1H. The summed E-state index contributed by atoms with van der Waals surface area (Å²) in [7, 11) is -2.35. The summed E-state index contributed by atoms with van der Waals surface area (Å²) >= 11 is 0. The second-order valence-corrected chi connectivity index (χ2v) is 8.78. The Morgan fingerprint density at radius 2 is 1.64 bits per heavy atom. The summed E-state index contributed by atoms with van der Waals surface area (Å²) in [6, 6.07) is 6.00. The first-order chi connectivity index (χ1) is 11.3. The van der Waals surface area contributed by atoms with Gasteiger partial charge in [0.15, 0.2) is 0 Å². The molecule has 3 fully saturated rings. The van der Waals surface area contributed by atoms with E-state index in [-0.39, 0.29) is 28.6 Å². The maximum atomic E-state index is 12.7. The molecule has 1 aromatic carbocycles. The van der Waals surface area contributed by atoms with Crippen molar-refractivity contribution < 1.29 is 17.9 Å². The Morgan fingerprint density at radius 3 is 2.08 bits per heavy atom. The molecule has 0 aromatic heterocycles. The van der Waals surface area contributed by atoms with Gasteiger partial charge >= 0.3 is 0 Å². The first-order valence-corrected chi connectivity index (χ1v) is 9.75. The number of rotatable bonds is 5. The van der Waals surface area contributed by atoms with E-state index in [1.807, 2.05) is 0 Å². The molecule has 25 heavy (non-hydrogen) atoms. The Hall–Kier alpha value is -1.31. The van der Waals surface area contributed by atoms with E-state index < -0.39 is 15.4 Å². The van der Waals surface area contributed by atoms with Gasteiger partial charge in [0.25, 0.3) is 10.0 Å². The van der Waals surface area contributed by atoms with Crippen molar-refractivity contribution in [2.75, 3.05) is 13.7 Å². The van der Waals surface area contributed by atoms with Crippen LogP contribution in [0.4, 0.5) is 0 Å². The molecular formula is C17H25ClN2O4S. The molecule has 0 spiro atoms. The molecule has 3 aliphatic carbocycles. The number of carbonyl (C=O) groups excluding carboxylic acids is 1. The fourth-order valence-electron chi connectivity index (χ4n) is 3.95. The summed E-state index contributed by atoms with van der Waals surface area (Å²) in [6.07, 6.45) is 4.86. The van der Waals surface area contributed by atoms with Gasteiger partial charge in [-0.25, -0.2) is 13.1 Å². The molecule has 3 saturated carbocycles. The monoisotopic (exact) mass is 388 g/mol. The Balaban J connectivity index is 0.00000225. The van der Waals surface area contributed by atoms with Gasteiger partial charge in [-0.3, -0.25) is 4.79 Å². The molecule has 8 heteroatoms. The zero-order chi connectivity index (χ0) is 17.4. The lowest BCUT2D eigenvalue weighted by Gasteiger charge is -2.52. The summed E-state index contributed by atoms with van der Waals surface area (Å²) in [4.78, 5) is 12.8. The number of benzene rings is 1. The molecule has 0 saturated heterocycles. The van der Waals surface area contributed by atoms with Gasteiger partial charge in [0.05, 0.1) is 17.4 Å². The van der Waals surface area contributed by atoms with Crippen LogP contribution in [0, 0.1) is 10.8 Å². The second-order valence-electron chi connectivity index (χ2n) is 7.09. The minimum atomic E-state index is -3.87. The molecule has 0 atom stereocenters. The van der Waals surface area contributed by atoms with Gasteiger partial charge in [0.2, 0.25) is 5.91 Å². The van der Waals surface area contributed by atoms with Gasteiger partial charge in [-0.2, -0.15) is 0 Å². The number of halogens is 1. The number of amides is 1. The second kappa shape index (κ2) is 7.13. The number of fused-ring (bicyclic) bond motifs is 3. The molecular weight excluding hydrogens is 364 g/mol. The maximum Gasteiger partial charge on any atom is 0.264 e. The third kappa shape index (κ3) is 3.64. The van der Waals surface area contributed by atoms with E-state index in [1.54, 1.807) is 12.1 Å². The Labute approximate surface area is 155 Å². The highest BCUT2D eigenvalue weighted by molar-refractivity contribution is 7.90. The minimum Gasteiger partial charge on any atom is -0.497 e. The van der Waals surface area contributed by atoms with Crippen LogP contribution in [0.1, 0.15) is 38.5 Å². The van der Waals surface area contributed by atoms with Crippen molar-refractivity contribution in [1.29, 1.82) is 0 Å². The van der Waals surface area contributed by atoms with E-state index in [2.05, 4.69) is 4.72 Å². The Bertz CT molecular complexity index is 709. The zero-order valence-corrected chi connectivity index (χ0v) is 15.9. The fourth-order valence-corrected chi connectivity index (χ4v) is 5.03. The lowest BCUT2D eigenvalue weighted by molar-refractivity contribution is -0.138. The molecule has 1 amide bonds. The summed E-state index contributed by atoms with van der Waals surface area (Å²) in [5.74, 6) is 0.195. The van der Waals surface area contributed by atoms with E-state index in [9.17, 15) is 13.2 Å². The van der Waals surface area contributed by atoms with E-state index in [0.717, 1.165) is 19.3 Å². The molecule has 3 aliphatic rings. The van der Waals surface area contributed by atoms with E-state index in [0.29, 0.717) is 31.6 Å². The van der Waals surface area contributed by atoms with E-state index >= 15 is 0 Å². The van der Waals surface area contributed by atoms with E-state index in [4.69, 9.17) is 10.5 Å². The number of methoxy groups -OCH3 is 1. The number of sulfonamides is 1. The van der Waals surface area contributed by atoms with Crippen LogP contribution in [0.2, 0.25) is 0 Å². The zero-order valence-electron chi connectivity index (χ0n) is 14.3. The highest BCUT2D eigenvalue weighted by atomic mass is 35.5. The normalized spacial score (nSPS) is 28.1. The number of hydrogen-bond donors (Lipinski definition) is 2. The van der Waals surface area contributed by atoms with Crippen LogP contribution in [0.15, 0.2) is 29.2 Å². The molecule has 4 rings (SSSR count). The van der Waals surface area contributed by atoms with Crippen molar-refractivity contribution in [3.05, 3.63) is 24.3 Å². The average Bonchev–Trinajstić information content (AvgIpc) is 2.63. The maximum absolute atomic E-state index is 12.7. The number of nitrogens with one attached hydrogen (secondary N) is 1. The molecule has 3 N–H and O–H groups in total. The molecule has 0 aliphatic heterocycles. The molecule has 6 nitrogen and oxygen atoms in total. The summed E-state index contributed by atoms with van der Waals surface area (Å²) in [5.41, 5.74) is 5.49. The number of ether oxygens (including phenoxy) is 1. The highest BCUT2D eigenvalue weighted by Crippen LogP contribution is 2.56. The fraction of sp³-hybridized carbons (Fsp3) is 0.588. The molecule has 0 unspecified atom stereocenters. The van der Waals surface area contributed by atoms with E-state index in [1.165, 1.54) is 19.2 Å². The summed E-state index contributed by atoms with van der Waals surface area (Å²) < 4.78 is 32.3. The van der Waals surface area contributed by atoms with Crippen molar-refractivity contribution in [3.8, 4) is 5.75 Å². The van der Waals surface area contributed by atoms with Crippen molar-refractivity contribution in [2.45, 2.75) is 43.4 Å². The van der Waals surface area contributed by atoms with Crippen LogP contribution >= 0.6 is 12.4 Å². The van der Waals surface area contributed by atoms with Crippen molar-refractivity contribution in [3.63, 3.8) is 0 Å². The number of hydrogen-bond acceptors (Lipinski definition) is 5. The van der Waals surface area contributed by atoms with Crippen molar-refractivity contribution in [2.24, 2.45) is 16.6 Å². The minimum absolute atomic E-state index is 0. The summed E-state index contributed by atoms with van der Waals surface area (Å²) in [5, 5.41) is 0. The van der Waals surface area contributed by atoms with Crippen molar-refractivity contribution in [1.82, 2.24) is 4.72 Å². The first kappa shape index (κ1) is 20.0. The van der Waals surface area contributed by atoms with Gasteiger partial charge in [0.1, 0.15) is 5.75 Å². The van der Waals surface area contributed by atoms with Gasteiger partial charge in [-0.15, -0.1) is 12.4 Å². The first-order valence-electron chi connectivity index (χ1n) is 8.26. The third-order valence-electron chi connectivity index (χ3n) is 5.91. The van der Waals surface area contributed by atoms with Crippen LogP contribution in [-0.4, -0.2) is 28.0 Å². The SMILES string of the molecule is COc1ccc(S(=O)(=O)NC(=O)C23CCC(CN)(CC2)CC3)cc1.Cl. The molecule has 0 radical (unpaired) electrons. The van der Waals surface area contributed by atoms with Crippen LogP contribution in [0.5, 0.6) is 5.75 Å². The molecule has 140 valence electrons. The lowest BCUT2D eigenvalue weighted by atomic mass is 9.53. The predicted octanol–water partition coefficient (Wildman–Crippen LogP) is 2.22.